The number of hydrogen-bond acceptors (Lipinski definition) is 4. The SMILES string of the molecule is COCCS(=O)CCCOc1cccc(C#N)c1. The highest BCUT2D eigenvalue weighted by Gasteiger charge is 2.00. The molecule has 0 saturated heterocycles. The smallest absolute Gasteiger partial charge is 0.120 e. The molecule has 0 heterocycles. The van der Waals surface area contributed by atoms with Crippen molar-refractivity contribution < 1.29 is 13.7 Å². The molecule has 0 N–H and O–H groups in total. The van der Waals surface area contributed by atoms with Gasteiger partial charge in [0.2, 0.25) is 0 Å². The van der Waals surface area contributed by atoms with Gasteiger partial charge in [-0.2, -0.15) is 5.26 Å². The van der Waals surface area contributed by atoms with Crippen LogP contribution >= 0.6 is 0 Å². The van der Waals surface area contributed by atoms with Crippen molar-refractivity contribution >= 4 is 10.8 Å². The lowest BCUT2D eigenvalue weighted by atomic mass is 10.2. The van der Waals surface area contributed by atoms with E-state index in [-0.39, 0.29) is 0 Å². The predicted molar refractivity (Wildman–Crippen MR) is 71.0 cm³/mol. The molecule has 4 nitrogen and oxygen atoms in total. The summed E-state index contributed by atoms with van der Waals surface area (Å²) in [5, 5.41) is 8.73. The first-order valence-corrected chi connectivity index (χ1v) is 7.22. The van der Waals surface area contributed by atoms with Gasteiger partial charge in [-0.1, -0.05) is 6.07 Å². The first-order valence-electron chi connectivity index (χ1n) is 5.73. The van der Waals surface area contributed by atoms with Crippen LogP contribution in [0.1, 0.15) is 12.0 Å². The Morgan fingerprint density at radius 1 is 1.33 bits per heavy atom. The predicted octanol–water partition coefficient (Wildman–Crippen LogP) is 1.72. The Hall–Kier alpha value is -1.38. The Morgan fingerprint density at radius 2 is 2.17 bits per heavy atom. The average Bonchev–Trinajstić information content (AvgIpc) is 2.41. The second kappa shape index (κ2) is 8.67. The molecule has 0 radical (unpaired) electrons. The Balaban J connectivity index is 2.21. The number of ether oxygens (including phenoxy) is 2. The molecule has 1 rings (SSSR count). The summed E-state index contributed by atoms with van der Waals surface area (Å²) in [7, 11) is 0.759. The fourth-order valence-corrected chi connectivity index (χ4v) is 2.34. The molecule has 1 aromatic carbocycles. The molecule has 0 aromatic heterocycles. The monoisotopic (exact) mass is 267 g/mol. The molecule has 0 bridgehead atoms. The van der Waals surface area contributed by atoms with E-state index in [1.54, 1.807) is 25.3 Å². The van der Waals surface area contributed by atoms with Crippen molar-refractivity contribution in [1.29, 1.82) is 5.26 Å². The molecule has 1 unspecified atom stereocenters. The van der Waals surface area contributed by atoms with Gasteiger partial charge in [0.05, 0.1) is 24.8 Å². The van der Waals surface area contributed by atoms with Crippen molar-refractivity contribution in [2.45, 2.75) is 6.42 Å². The van der Waals surface area contributed by atoms with Crippen LogP contribution in [0.15, 0.2) is 24.3 Å². The minimum Gasteiger partial charge on any atom is -0.494 e. The van der Waals surface area contributed by atoms with Crippen LogP contribution in [0.2, 0.25) is 0 Å². The highest BCUT2D eigenvalue weighted by molar-refractivity contribution is 7.84. The zero-order chi connectivity index (χ0) is 13.2. The van der Waals surface area contributed by atoms with E-state index in [1.165, 1.54) is 0 Å². The van der Waals surface area contributed by atoms with Crippen LogP contribution in [0.4, 0.5) is 0 Å². The highest BCUT2D eigenvalue weighted by atomic mass is 32.2. The lowest BCUT2D eigenvalue weighted by molar-refractivity contribution is 0.218. The molecule has 0 aliphatic rings. The summed E-state index contributed by atoms with van der Waals surface area (Å²) in [4.78, 5) is 0. The number of nitrogens with zero attached hydrogens (tertiary/aromatic N) is 1. The van der Waals surface area contributed by atoms with E-state index in [0.29, 0.717) is 36.0 Å². The first kappa shape index (κ1) is 14.7. The van der Waals surface area contributed by atoms with Gasteiger partial charge < -0.3 is 9.47 Å². The summed E-state index contributed by atoms with van der Waals surface area (Å²) in [6, 6.07) is 9.07. The van der Waals surface area contributed by atoms with E-state index in [0.717, 1.165) is 6.42 Å². The van der Waals surface area contributed by atoms with Gasteiger partial charge in [0, 0.05) is 29.4 Å². The molecule has 1 atom stereocenters. The standard InChI is InChI=1S/C13H17NO3S/c1-16-7-9-18(15)8-3-6-17-13-5-2-4-12(10-13)11-14/h2,4-5,10H,3,6-9H2,1H3. The average molecular weight is 267 g/mol. The summed E-state index contributed by atoms with van der Waals surface area (Å²) in [6.45, 7) is 1.03. The van der Waals surface area contributed by atoms with Crippen LogP contribution in [-0.4, -0.2) is 36.0 Å². The third-order valence-electron chi connectivity index (χ3n) is 2.26. The molecule has 0 spiro atoms. The third kappa shape index (κ3) is 5.80. The molecule has 0 aliphatic carbocycles. The molecule has 0 fully saturated rings. The van der Waals surface area contributed by atoms with E-state index in [4.69, 9.17) is 14.7 Å². The highest BCUT2D eigenvalue weighted by Crippen LogP contribution is 2.12. The Bertz CT molecular complexity index is 428. The Morgan fingerprint density at radius 3 is 2.89 bits per heavy atom. The van der Waals surface area contributed by atoms with Gasteiger partial charge in [0.25, 0.3) is 0 Å². The quantitative estimate of drug-likeness (QED) is 0.673. The van der Waals surface area contributed by atoms with Gasteiger partial charge in [-0.15, -0.1) is 0 Å². The van der Waals surface area contributed by atoms with Gasteiger partial charge in [-0.25, -0.2) is 0 Å². The van der Waals surface area contributed by atoms with Crippen LogP contribution in [0.25, 0.3) is 0 Å². The zero-order valence-electron chi connectivity index (χ0n) is 10.4. The van der Waals surface area contributed by atoms with Crippen molar-refractivity contribution in [1.82, 2.24) is 0 Å². The van der Waals surface area contributed by atoms with E-state index in [9.17, 15) is 4.21 Å². The normalized spacial score (nSPS) is 11.8. The minimum atomic E-state index is -0.841. The van der Waals surface area contributed by atoms with Crippen LogP contribution in [0.3, 0.4) is 0 Å². The molecule has 0 saturated carbocycles. The van der Waals surface area contributed by atoms with Gasteiger partial charge in [0.15, 0.2) is 0 Å². The Labute approximate surface area is 110 Å². The number of benzene rings is 1. The molecule has 1 aromatic rings. The van der Waals surface area contributed by atoms with Gasteiger partial charge in [-0.05, 0) is 24.6 Å². The lowest BCUT2D eigenvalue weighted by Gasteiger charge is -2.06. The molecule has 5 heteroatoms. The topological polar surface area (TPSA) is 59.3 Å². The van der Waals surface area contributed by atoms with E-state index >= 15 is 0 Å². The third-order valence-corrected chi connectivity index (χ3v) is 3.63. The number of nitriles is 1. The van der Waals surface area contributed by atoms with Crippen molar-refractivity contribution in [3.8, 4) is 11.8 Å². The number of hydrogen-bond donors (Lipinski definition) is 0. The number of methoxy groups -OCH3 is 1. The summed E-state index contributed by atoms with van der Waals surface area (Å²) >= 11 is 0. The van der Waals surface area contributed by atoms with Gasteiger partial charge >= 0.3 is 0 Å². The molecule has 18 heavy (non-hydrogen) atoms. The summed E-state index contributed by atoms with van der Waals surface area (Å²) < 4.78 is 21.8. The fraction of sp³-hybridized carbons (Fsp3) is 0.462. The van der Waals surface area contributed by atoms with Crippen LogP contribution in [0.5, 0.6) is 5.75 Å². The largest absolute Gasteiger partial charge is 0.494 e. The minimum absolute atomic E-state index is 0.508. The van der Waals surface area contributed by atoms with Gasteiger partial charge in [0.1, 0.15) is 5.75 Å². The van der Waals surface area contributed by atoms with Crippen molar-refractivity contribution in [3.05, 3.63) is 29.8 Å². The summed E-state index contributed by atoms with van der Waals surface area (Å²) in [6.07, 6.45) is 0.729. The maximum atomic E-state index is 11.4. The summed E-state index contributed by atoms with van der Waals surface area (Å²) in [5.41, 5.74) is 0.580. The van der Waals surface area contributed by atoms with E-state index in [1.807, 2.05) is 6.07 Å². The number of rotatable bonds is 8. The van der Waals surface area contributed by atoms with Crippen molar-refractivity contribution in [3.63, 3.8) is 0 Å². The first-order chi connectivity index (χ1) is 8.76. The maximum Gasteiger partial charge on any atom is 0.120 e. The van der Waals surface area contributed by atoms with Crippen molar-refractivity contribution in [2.24, 2.45) is 0 Å². The second-order valence-corrected chi connectivity index (χ2v) is 5.38. The zero-order valence-corrected chi connectivity index (χ0v) is 11.2. The van der Waals surface area contributed by atoms with Crippen LogP contribution in [0, 0.1) is 11.3 Å². The van der Waals surface area contributed by atoms with Crippen LogP contribution < -0.4 is 4.74 Å². The lowest BCUT2D eigenvalue weighted by Crippen LogP contribution is -2.10. The molecule has 0 aliphatic heterocycles. The van der Waals surface area contributed by atoms with Crippen molar-refractivity contribution in [2.75, 3.05) is 31.8 Å². The molecule has 0 amide bonds. The Kier molecular flexibility index (Phi) is 7.07. The van der Waals surface area contributed by atoms with E-state index < -0.39 is 10.8 Å². The summed E-state index contributed by atoms with van der Waals surface area (Å²) in [5.74, 6) is 1.86. The molecule has 98 valence electrons. The van der Waals surface area contributed by atoms with Gasteiger partial charge in [-0.3, -0.25) is 4.21 Å². The fourth-order valence-electron chi connectivity index (χ4n) is 1.34. The second-order valence-electron chi connectivity index (χ2n) is 3.68. The van der Waals surface area contributed by atoms with E-state index in [2.05, 4.69) is 6.07 Å². The van der Waals surface area contributed by atoms with Crippen LogP contribution in [-0.2, 0) is 15.5 Å². The molecular weight excluding hydrogens is 250 g/mol. The molecular formula is C13H17NO3S. The maximum absolute atomic E-state index is 11.4.